The van der Waals surface area contributed by atoms with E-state index in [0.29, 0.717) is 0 Å². The van der Waals surface area contributed by atoms with Crippen LogP contribution in [0.3, 0.4) is 0 Å². The first-order valence-electron chi connectivity index (χ1n) is 6.33. The first-order valence-corrected chi connectivity index (χ1v) is 6.33. The Morgan fingerprint density at radius 2 is 1.43 bits per heavy atom. The summed E-state index contributed by atoms with van der Waals surface area (Å²) in [6, 6.07) is 11.5. The molecule has 2 rings (SSSR count). The number of hydrogen-bond donors (Lipinski definition) is 2. The quantitative estimate of drug-likeness (QED) is 0.841. The Bertz CT molecular complexity index is 712. The van der Waals surface area contributed by atoms with Crippen LogP contribution in [-0.4, -0.2) is 22.2 Å². The Morgan fingerprint density at radius 3 is 1.95 bits per heavy atom. The van der Waals surface area contributed by atoms with Crippen molar-refractivity contribution in [1.29, 1.82) is 0 Å². The molecule has 0 saturated heterocycles. The third-order valence-electron chi connectivity index (χ3n) is 3.13. The van der Waals surface area contributed by atoms with Crippen molar-refractivity contribution in [2.45, 2.75) is 6.92 Å². The van der Waals surface area contributed by atoms with E-state index in [0.717, 1.165) is 16.7 Å². The summed E-state index contributed by atoms with van der Waals surface area (Å²) in [4.78, 5) is 21.6. The van der Waals surface area contributed by atoms with Crippen molar-refractivity contribution in [3.8, 4) is 0 Å². The lowest BCUT2D eigenvalue weighted by Gasteiger charge is -2.02. The summed E-state index contributed by atoms with van der Waals surface area (Å²) in [6.07, 6.45) is 3.73. The molecule has 2 aromatic carbocycles. The molecule has 0 bridgehead atoms. The van der Waals surface area contributed by atoms with Gasteiger partial charge < -0.3 is 10.2 Å². The number of hydrogen-bond acceptors (Lipinski definition) is 2. The molecule has 0 amide bonds. The first-order chi connectivity index (χ1) is 9.97. The minimum absolute atomic E-state index is 0.245. The van der Waals surface area contributed by atoms with Gasteiger partial charge in [-0.05, 0) is 47.9 Å². The van der Waals surface area contributed by atoms with Crippen molar-refractivity contribution in [3.05, 3.63) is 70.3 Å². The highest BCUT2D eigenvalue weighted by Gasteiger charge is 2.04. The van der Waals surface area contributed by atoms with E-state index in [2.05, 4.69) is 0 Å². The average Bonchev–Trinajstić information content (AvgIpc) is 2.46. The number of carboxylic acids is 2. The van der Waals surface area contributed by atoms with E-state index in [1.165, 1.54) is 0 Å². The lowest BCUT2D eigenvalue weighted by molar-refractivity contribution is 0.0686. The van der Waals surface area contributed by atoms with Gasteiger partial charge in [-0.3, -0.25) is 0 Å². The van der Waals surface area contributed by atoms with E-state index in [9.17, 15) is 9.59 Å². The minimum atomic E-state index is -0.953. The first kappa shape index (κ1) is 14.5. The molecule has 0 aliphatic heterocycles. The van der Waals surface area contributed by atoms with Crippen LogP contribution in [0.15, 0.2) is 42.5 Å². The Morgan fingerprint density at radius 1 is 0.857 bits per heavy atom. The van der Waals surface area contributed by atoms with Crippen LogP contribution in [0.4, 0.5) is 0 Å². The molecule has 0 aliphatic rings. The third kappa shape index (κ3) is 3.57. The fourth-order valence-corrected chi connectivity index (χ4v) is 1.92. The van der Waals surface area contributed by atoms with Crippen molar-refractivity contribution in [2.75, 3.05) is 0 Å². The van der Waals surface area contributed by atoms with Gasteiger partial charge >= 0.3 is 11.9 Å². The maximum atomic E-state index is 10.9. The Kier molecular flexibility index (Phi) is 4.18. The topological polar surface area (TPSA) is 74.6 Å². The maximum absolute atomic E-state index is 10.9. The molecule has 21 heavy (non-hydrogen) atoms. The molecule has 0 spiro atoms. The van der Waals surface area contributed by atoms with E-state index in [-0.39, 0.29) is 11.1 Å². The van der Waals surface area contributed by atoms with Crippen LogP contribution in [0.25, 0.3) is 12.2 Å². The third-order valence-corrected chi connectivity index (χ3v) is 3.13. The fraction of sp³-hybridized carbons (Fsp3) is 0.0588. The molecule has 0 aromatic heterocycles. The summed E-state index contributed by atoms with van der Waals surface area (Å²) in [6.45, 7) is 1.85. The molecule has 0 aliphatic carbocycles. The van der Waals surface area contributed by atoms with Gasteiger partial charge in [-0.1, -0.05) is 30.4 Å². The second-order valence-corrected chi connectivity index (χ2v) is 4.64. The zero-order valence-corrected chi connectivity index (χ0v) is 11.4. The van der Waals surface area contributed by atoms with Gasteiger partial charge in [-0.25, -0.2) is 9.59 Å². The van der Waals surface area contributed by atoms with Crippen LogP contribution in [0.1, 0.15) is 37.4 Å². The zero-order valence-electron chi connectivity index (χ0n) is 11.4. The monoisotopic (exact) mass is 282 g/mol. The number of carboxylic acid groups (broad SMARTS) is 2. The van der Waals surface area contributed by atoms with Gasteiger partial charge in [-0.15, -0.1) is 0 Å². The highest BCUT2D eigenvalue weighted by molar-refractivity contribution is 5.89. The fourth-order valence-electron chi connectivity index (χ4n) is 1.92. The van der Waals surface area contributed by atoms with Gasteiger partial charge in [0.1, 0.15) is 0 Å². The molecular weight excluding hydrogens is 268 g/mol. The van der Waals surface area contributed by atoms with Crippen LogP contribution in [0.5, 0.6) is 0 Å². The second-order valence-electron chi connectivity index (χ2n) is 4.64. The van der Waals surface area contributed by atoms with Crippen molar-refractivity contribution in [1.82, 2.24) is 0 Å². The lowest BCUT2D eigenvalue weighted by atomic mass is 10.0. The largest absolute Gasteiger partial charge is 0.478 e. The number of aryl methyl sites for hydroxylation is 1. The number of benzene rings is 2. The summed E-state index contributed by atoms with van der Waals surface area (Å²) in [5.41, 5.74) is 3.17. The molecular formula is C17H14O4. The maximum Gasteiger partial charge on any atom is 0.335 e. The molecule has 2 N–H and O–H groups in total. The van der Waals surface area contributed by atoms with Crippen molar-refractivity contribution in [3.63, 3.8) is 0 Å². The Labute approximate surface area is 122 Å². The van der Waals surface area contributed by atoms with Gasteiger partial charge in [0.05, 0.1) is 11.1 Å². The summed E-state index contributed by atoms with van der Waals surface area (Å²) in [5, 5.41) is 17.7. The molecule has 0 radical (unpaired) electrons. The molecule has 4 heteroatoms. The summed E-state index contributed by atoms with van der Waals surface area (Å²) in [5.74, 6) is -1.90. The Hall–Kier alpha value is -2.88. The number of aromatic carboxylic acids is 2. The van der Waals surface area contributed by atoms with Crippen molar-refractivity contribution in [2.24, 2.45) is 0 Å². The van der Waals surface area contributed by atoms with Crippen molar-refractivity contribution >= 4 is 24.1 Å². The van der Waals surface area contributed by atoms with Crippen molar-refractivity contribution < 1.29 is 19.8 Å². The zero-order chi connectivity index (χ0) is 15.4. The van der Waals surface area contributed by atoms with Gasteiger partial charge in [-0.2, -0.15) is 0 Å². The van der Waals surface area contributed by atoms with Gasteiger partial charge in [0.25, 0.3) is 0 Å². The molecule has 0 fully saturated rings. The lowest BCUT2D eigenvalue weighted by Crippen LogP contribution is -1.97. The van der Waals surface area contributed by atoms with E-state index in [4.69, 9.17) is 10.2 Å². The smallest absolute Gasteiger partial charge is 0.335 e. The summed E-state index contributed by atoms with van der Waals surface area (Å²) < 4.78 is 0. The molecule has 0 heterocycles. The van der Waals surface area contributed by atoms with Crippen LogP contribution >= 0.6 is 0 Å². The highest BCUT2D eigenvalue weighted by Crippen LogP contribution is 2.15. The van der Waals surface area contributed by atoms with E-state index in [1.807, 2.05) is 19.1 Å². The summed E-state index contributed by atoms with van der Waals surface area (Å²) >= 11 is 0. The van der Waals surface area contributed by atoms with Crippen LogP contribution in [0.2, 0.25) is 0 Å². The van der Waals surface area contributed by atoms with E-state index < -0.39 is 11.9 Å². The van der Waals surface area contributed by atoms with Gasteiger partial charge in [0, 0.05) is 0 Å². The number of rotatable bonds is 4. The standard InChI is InChI=1S/C17H14O4/c1-11-10-15(17(20)21)9-8-13(11)5-2-12-3-6-14(7-4-12)16(18)19/h2-10H,1H3,(H,18,19)(H,20,21). The van der Waals surface area contributed by atoms with Crippen LogP contribution in [-0.2, 0) is 0 Å². The van der Waals surface area contributed by atoms with Gasteiger partial charge in [0.15, 0.2) is 0 Å². The normalized spacial score (nSPS) is 10.7. The predicted octanol–water partition coefficient (Wildman–Crippen LogP) is 3.56. The molecule has 106 valence electrons. The molecule has 4 nitrogen and oxygen atoms in total. The molecule has 0 unspecified atom stereocenters. The van der Waals surface area contributed by atoms with Crippen LogP contribution in [0, 0.1) is 6.92 Å². The highest BCUT2D eigenvalue weighted by atomic mass is 16.4. The van der Waals surface area contributed by atoms with E-state index in [1.54, 1.807) is 42.5 Å². The summed E-state index contributed by atoms with van der Waals surface area (Å²) in [7, 11) is 0. The van der Waals surface area contributed by atoms with E-state index >= 15 is 0 Å². The molecule has 0 saturated carbocycles. The predicted molar refractivity (Wildman–Crippen MR) is 80.5 cm³/mol. The Balaban J connectivity index is 2.21. The minimum Gasteiger partial charge on any atom is -0.478 e. The SMILES string of the molecule is Cc1cc(C(=O)O)ccc1C=Cc1ccc(C(=O)O)cc1. The molecule has 0 atom stereocenters. The van der Waals surface area contributed by atoms with Gasteiger partial charge in [0.2, 0.25) is 0 Å². The number of carbonyl (C=O) groups is 2. The van der Waals surface area contributed by atoms with Crippen LogP contribution < -0.4 is 0 Å². The molecule has 2 aromatic rings. The average molecular weight is 282 g/mol. The second kappa shape index (κ2) is 6.05.